The van der Waals surface area contributed by atoms with Crippen LogP contribution in [0.25, 0.3) is 0 Å². The van der Waals surface area contributed by atoms with Crippen molar-refractivity contribution >= 4 is 17.9 Å². The molecule has 0 aromatic rings. The van der Waals surface area contributed by atoms with Crippen molar-refractivity contribution in [2.24, 2.45) is 0 Å². The molecular formula is C59H106O6. The lowest BCUT2D eigenvalue weighted by molar-refractivity contribution is -0.167. The molecule has 0 amide bonds. The molecule has 0 aliphatic rings. The second-order valence-corrected chi connectivity index (χ2v) is 18.8. The molecule has 1 unspecified atom stereocenters. The van der Waals surface area contributed by atoms with Crippen molar-refractivity contribution < 1.29 is 28.6 Å². The second kappa shape index (κ2) is 54.0. The van der Waals surface area contributed by atoms with Crippen LogP contribution in [-0.2, 0) is 28.6 Å². The van der Waals surface area contributed by atoms with Gasteiger partial charge in [-0.2, -0.15) is 0 Å². The third kappa shape index (κ3) is 52.2. The maximum Gasteiger partial charge on any atom is 0.306 e. The number of carbonyl (C=O) groups excluding carboxylic acids is 3. The summed E-state index contributed by atoms with van der Waals surface area (Å²) in [7, 11) is 0. The lowest BCUT2D eigenvalue weighted by atomic mass is 10.0. The van der Waals surface area contributed by atoms with Gasteiger partial charge in [0.05, 0.1) is 0 Å². The molecule has 0 aliphatic heterocycles. The average Bonchev–Trinajstić information content (AvgIpc) is 3.30. The van der Waals surface area contributed by atoms with Crippen LogP contribution in [0.1, 0.15) is 290 Å². The topological polar surface area (TPSA) is 78.9 Å². The van der Waals surface area contributed by atoms with Gasteiger partial charge in [-0.15, -0.1) is 0 Å². The number of unbranched alkanes of at least 4 members (excludes halogenated alkanes) is 32. The molecule has 0 bridgehead atoms. The molecule has 0 radical (unpaired) electrons. The summed E-state index contributed by atoms with van der Waals surface area (Å²) in [5.74, 6) is -0.862. The Hall–Kier alpha value is -2.63. The Morgan fingerprint density at radius 3 is 0.938 bits per heavy atom. The van der Waals surface area contributed by atoms with Gasteiger partial charge < -0.3 is 14.2 Å². The van der Waals surface area contributed by atoms with Crippen molar-refractivity contribution in [1.29, 1.82) is 0 Å². The summed E-state index contributed by atoms with van der Waals surface area (Å²) < 4.78 is 16.8. The van der Waals surface area contributed by atoms with E-state index in [9.17, 15) is 14.4 Å². The minimum Gasteiger partial charge on any atom is -0.462 e. The van der Waals surface area contributed by atoms with Crippen molar-refractivity contribution in [2.75, 3.05) is 13.2 Å². The SMILES string of the molecule is CC/C=C\C/C=C\C/C=C\C/C=C\CCCCCCCCCCCCCCCCCCC(=O)OCC(COC(=O)CCCCCCCCCCC)OC(=O)CCCCCCCCCCC. The summed E-state index contributed by atoms with van der Waals surface area (Å²) in [5.41, 5.74) is 0. The van der Waals surface area contributed by atoms with Gasteiger partial charge in [0, 0.05) is 19.3 Å². The fourth-order valence-electron chi connectivity index (χ4n) is 8.14. The first kappa shape index (κ1) is 62.4. The molecule has 0 spiro atoms. The second-order valence-electron chi connectivity index (χ2n) is 18.8. The minimum absolute atomic E-state index is 0.0678. The van der Waals surface area contributed by atoms with Crippen molar-refractivity contribution in [2.45, 2.75) is 297 Å². The molecule has 0 aliphatic carbocycles. The van der Waals surface area contributed by atoms with Crippen LogP contribution >= 0.6 is 0 Å². The fourth-order valence-corrected chi connectivity index (χ4v) is 8.14. The zero-order valence-electron chi connectivity index (χ0n) is 43.3. The molecule has 65 heavy (non-hydrogen) atoms. The highest BCUT2D eigenvalue weighted by Gasteiger charge is 2.19. The first-order chi connectivity index (χ1) is 32.0. The molecule has 0 aromatic carbocycles. The highest BCUT2D eigenvalue weighted by Crippen LogP contribution is 2.16. The minimum atomic E-state index is -0.764. The third-order valence-corrected chi connectivity index (χ3v) is 12.3. The number of carbonyl (C=O) groups is 3. The van der Waals surface area contributed by atoms with E-state index in [2.05, 4.69) is 69.4 Å². The number of hydrogen-bond donors (Lipinski definition) is 0. The van der Waals surface area contributed by atoms with Crippen LogP contribution in [0.4, 0.5) is 0 Å². The van der Waals surface area contributed by atoms with Gasteiger partial charge in [-0.1, -0.05) is 262 Å². The van der Waals surface area contributed by atoms with E-state index < -0.39 is 6.10 Å². The lowest BCUT2D eigenvalue weighted by Crippen LogP contribution is -2.30. The Morgan fingerprint density at radius 1 is 0.323 bits per heavy atom. The van der Waals surface area contributed by atoms with E-state index in [-0.39, 0.29) is 31.1 Å². The van der Waals surface area contributed by atoms with Crippen molar-refractivity contribution in [3.63, 3.8) is 0 Å². The Bertz CT molecular complexity index is 1140. The number of rotatable bonds is 51. The molecule has 0 rings (SSSR count). The van der Waals surface area contributed by atoms with Gasteiger partial charge in [-0.3, -0.25) is 14.4 Å². The predicted octanol–water partition coefficient (Wildman–Crippen LogP) is 18.7. The standard InChI is InChI=1S/C59H106O6/c1-4-7-10-13-16-19-20-21-22-23-24-25-26-27-28-29-30-31-32-33-34-35-36-37-38-41-43-46-49-52-58(61)64-55-56(65-59(62)53-50-47-44-40-18-15-12-9-6-3)54-63-57(60)51-48-45-42-39-17-14-11-8-5-2/h7,10,16,19,21-22,24-25,56H,4-6,8-9,11-15,17-18,20,23,26-55H2,1-3H3/b10-7-,19-16-,22-21-,25-24-. The van der Waals surface area contributed by atoms with E-state index in [1.165, 1.54) is 167 Å². The summed E-state index contributed by atoms with van der Waals surface area (Å²) in [6, 6.07) is 0. The Balaban J connectivity index is 4.01. The van der Waals surface area contributed by atoms with Crippen molar-refractivity contribution in [3.8, 4) is 0 Å². The number of allylic oxidation sites excluding steroid dienone is 8. The van der Waals surface area contributed by atoms with Crippen LogP contribution in [0.15, 0.2) is 48.6 Å². The van der Waals surface area contributed by atoms with Gasteiger partial charge in [0.25, 0.3) is 0 Å². The van der Waals surface area contributed by atoms with Gasteiger partial charge in [-0.25, -0.2) is 0 Å². The van der Waals surface area contributed by atoms with Crippen LogP contribution in [0.3, 0.4) is 0 Å². The smallest absolute Gasteiger partial charge is 0.306 e. The molecule has 0 aromatic heterocycles. The molecular weight excluding hydrogens is 805 g/mol. The Morgan fingerprint density at radius 2 is 0.600 bits per heavy atom. The average molecular weight is 911 g/mol. The van der Waals surface area contributed by atoms with Gasteiger partial charge >= 0.3 is 17.9 Å². The maximum atomic E-state index is 12.7. The number of ether oxygens (including phenoxy) is 3. The molecule has 378 valence electrons. The fraction of sp³-hybridized carbons (Fsp3) is 0.814. The van der Waals surface area contributed by atoms with E-state index in [1.807, 2.05) is 0 Å². The predicted molar refractivity (Wildman–Crippen MR) is 279 cm³/mol. The van der Waals surface area contributed by atoms with E-state index in [4.69, 9.17) is 14.2 Å². The first-order valence-electron chi connectivity index (χ1n) is 28.1. The molecule has 6 nitrogen and oxygen atoms in total. The lowest BCUT2D eigenvalue weighted by Gasteiger charge is -2.18. The van der Waals surface area contributed by atoms with Gasteiger partial charge in [0.15, 0.2) is 6.10 Å². The largest absolute Gasteiger partial charge is 0.462 e. The zero-order chi connectivity index (χ0) is 47.2. The molecule has 6 heteroatoms. The summed E-state index contributed by atoms with van der Waals surface area (Å²) in [6.45, 7) is 6.51. The molecule has 0 fully saturated rings. The monoisotopic (exact) mass is 911 g/mol. The zero-order valence-corrected chi connectivity index (χ0v) is 43.3. The van der Waals surface area contributed by atoms with E-state index in [1.54, 1.807) is 0 Å². The van der Waals surface area contributed by atoms with Gasteiger partial charge in [0.2, 0.25) is 0 Å². The van der Waals surface area contributed by atoms with Gasteiger partial charge in [0.1, 0.15) is 13.2 Å². The Labute approximate surface area is 403 Å². The summed E-state index contributed by atoms with van der Waals surface area (Å²) in [6.07, 6.45) is 65.6. The summed E-state index contributed by atoms with van der Waals surface area (Å²) >= 11 is 0. The molecule has 0 heterocycles. The maximum absolute atomic E-state index is 12.7. The number of hydrogen-bond acceptors (Lipinski definition) is 6. The van der Waals surface area contributed by atoms with E-state index in [0.717, 1.165) is 83.5 Å². The highest BCUT2D eigenvalue weighted by atomic mass is 16.6. The van der Waals surface area contributed by atoms with Crippen LogP contribution in [-0.4, -0.2) is 37.2 Å². The molecule has 1 atom stereocenters. The summed E-state index contributed by atoms with van der Waals surface area (Å²) in [4.78, 5) is 37.8. The molecule has 0 saturated heterocycles. The van der Waals surface area contributed by atoms with Crippen molar-refractivity contribution in [3.05, 3.63) is 48.6 Å². The summed E-state index contributed by atoms with van der Waals surface area (Å²) in [5, 5.41) is 0. The molecule has 0 saturated carbocycles. The normalized spacial score (nSPS) is 12.4. The van der Waals surface area contributed by atoms with E-state index in [0.29, 0.717) is 19.3 Å². The quantitative estimate of drug-likeness (QED) is 0.0262. The Kier molecular flexibility index (Phi) is 51.8. The van der Waals surface area contributed by atoms with Crippen molar-refractivity contribution in [1.82, 2.24) is 0 Å². The first-order valence-corrected chi connectivity index (χ1v) is 28.1. The van der Waals surface area contributed by atoms with Crippen LogP contribution in [0.2, 0.25) is 0 Å². The van der Waals surface area contributed by atoms with Crippen LogP contribution < -0.4 is 0 Å². The number of esters is 3. The van der Waals surface area contributed by atoms with E-state index >= 15 is 0 Å². The van der Waals surface area contributed by atoms with Crippen LogP contribution in [0, 0.1) is 0 Å². The molecule has 0 N–H and O–H groups in total. The highest BCUT2D eigenvalue weighted by molar-refractivity contribution is 5.71. The van der Waals surface area contributed by atoms with Gasteiger partial charge in [-0.05, 0) is 57.8 Å². The van der Waals surface area contributed by atoms with Crippen LogP contribution in [0.5, 0.6) is 0 Å². The third-order valence-electron chi connectivity index (χ3n) is 12.3.